The number of fused-ring (bicyclic) bond motifs is 1. The summed E-state index contributed by atoms with van der Waals surface area (Å²) in [7, 11) is 2.16. The Labute approximate surface area is 136 Å². The van der Waals surface area contributed by atoms with Crippen LogP contribution in [0.4, 0.5) is 11.4 Å². The number of anilines is 1. The Morgan fingerprint density at radius 1 is 0.783 bits per heavy atom. The fourth-order valence-corrected chi connectivity index (χ4v) is 3.23. The van der Waals surface area contributed by atoms with Crippen LogP contribution in [0.1, 0.15) is 5.56 Å². The Hall–Kier alpha value is -2.87. The molecule has 4 rings (SSSR count). The van der Waals surface area contributed by atoms with Crippen LogP contribution < -0.4 is 4.90 Å². The Balaban J connectivity index is 1.85. The lowest BCUT2D eigenvalue weighted by Crippen LogP contribution is -2.32. The van der Waals surface area contributed by atoms with Crippen molar-refractivity contribution in [3.05, 3.63) is 84.4 Å². The molecule has 3 aromatic rings. The fourth-order valence-electron chi connectivity index (χ4n) is 3.23. The average molecular weight is 299 g/mol. The van der Waals surface area contributed by atoms with Gasteiger partial charge in [-0.25, -0.2) is 0 Å². The van der Waals surface area contributed by atoms with Gasteiger partial charge in [0.05, 0.1) is 11.3 Å². The zero-order chi connectivity index (χ0) is 15.6. The molecule has 1 heterocycles. The maximum absolute atomic E-state index is 2.32. The van der Waals surface area contributed by atoms with E-state index >= 15 is 0 Å². The average Bonchev–Trinajstić information content (AvgIpc) is 2.62. The minimum absolute atomic E-state index is 0.848. The highest BCUT2D eigenvalue weighted by Crippen LogP contribution is 2.34. The Morgan fingerprint density at radius 3 is 2.22 bits per heavy atom. The number of para-hydroxylation sites is 2. The molecule has 1 aliphatic rings. The first-order valence-corrected chi connectivity index (χ1v) is 7.89. The van der Waals surface area contributed by atoms with Crippen LogP contribution >= 0.6 is 0 Å². The third kappa shape index (κ3) is 2.53. The molecule has 3 aromatic carbocycles. The summed E-state index contributed by atoms with van der Waals surface area (Å²) in [6.45, 7) is 0.848. The second-order valence-corrected chi connectivity index (χ2v) is 5.88. The third-order valence-corrected chi connectivity index (χ3v) is 4.28. The first-order chi connectivity index (χ1) is 11.3. The SMILES string of the molecule is CN1C[N+](c2ccccc2)=Cc2cccc(-c3ccccc3)c21. The summed E-state index contributed by atoms with van der Waals surface area (Å²) in [4.78, 5) is 2.32. The monoisotopic (exact) mass is 299 g/mol. The highest BCUT2D eigenvalue weighted by Gasteiger charge is 2.24. The number of benzene rings is 3. The van der Waals surface area contributed by atoms with Gasteiger partial charge in [0, 0.05) is 24.7 Å². The molecule has 0 aliphatic carbocycles. The second-order valence-electron chi connectivity index (χ2n) is 5.88. The van der Waals surface area contributed by atoms with E-state index in [1.165, 1.54) is 28.1 Å². The van der Waals surface area contributed by atoms with Crippen molar-refractivity contribution in [2.45, 2.75) is 0 Å². The molecule has 0 aromatic heterocycles. The lowest BCUT2D eigenvalue weighted by atomic mass is 9.99. The summed E-state index contributed by atoms with van der Waals surface area (Å²) < 4.78 is 2.29. The molecule has 23 heavy (non-hydrogen) atoms. The number of nitrogens with zero attached hydrogens (tertiary/aromatic N) is 2. The van der Waals surface area contributed by atoms with Crippen molar-refractivity contribution >= 4 is 17.6 Å². The molecule has 0 saturated carbocycles. The maximum atomic E-state index is 2.32. The number of hydrogen-bond acceptors (Lipinski definition) is 1. The van der Waals surface area contributed by atoms with E-state index in [-0.39, 0.29) is 0 Å². The molecule has 0 fully saturated rings. The van der Waals surface area contributed by atoms with Crippen LogP contribution in [-0.4, -0.2) is 24.5 Å². The van der Waals surface area contributed by atoms with Crippen LogP contribution in [0.25, 0.3) is 11.1 Å². The highest BCUT2D eigenvalue weighted by atomic mass is 15.3. The summed E-state index contributed by atoms with van der Waals surface area (Å²) in [5.41, 5.74) is 6.32. The standard InChI is InChI=1S/C21H19N2/c1-22-16-23(19-12-6-3-7-13-19)15-18-11-8-14-20(21(18)22)17-9-4-2-5-10-17/h2-15H,16H2,1H3/q+1. The minimum atomic E-state index is 0.848. The number of hydrogen-bond donors (Lipinski definition) is 0. The smallest absolute Gasteiger partial charge is 0.224 e. The van der Waals surface area contributed by atoms with Gasteiger partial charge in [0.1, 0.15) is 0 Å². The Kier molecular flexibility index (Phi) is 3.43. The zero-order valence-electron chi connectivity index (χ0n) is 13.2. The van der Waals surface area contributed by atoms with E-state index in [1.54, 1.807) is 0 Å². The predicted molar refractivity (Wildman–Crippen MR) is 96.7 cm³/mol. The molecule has 0 saturated heterocycles. The van der Waals surface area contributed by atoms with E-state index in [2.05, 4.69) is 102 Å². The van der Waals surface area contributed by atoms with E-state index in [0.29, 0.717) is 0 Å². The van der Waals surface area contributed by atoms with Gasteiger partial charge < -0.3 is 4.90 Å². The van der Waals surface area contributed by atoms with E-state index in [9.17, 15) is 0 Å². The van der Waals surface area contributed by atoms with E-state index in [1.807, 2.05) is 0 Å². The van der Waals surface area contributed by atoms with Crippen molar-refractivity contribution < 1.29 is 4.58 Å². The van der Waals surface area contributed by atoms with Crippen molar-refractivity contribution in [3.63, 3.8) is 0 Å². The molecule has 0 unspecified atom stereocenters. The zero-order valence-corrected chi connectivity index (χ0v) is 13.2. The lowest BCUT2D eigenvalue weighted by Gasteiger charge is -2.26. The Bertz CT molecular complexity index is 852. The molecule has 0 spiro atoms. The van der Waals surface area contributed by atoms with Crippen molar-refractivity contribution in [2.24, 2.45) is 0 Å². The summed E-state index contributed by atoms with van der Waals surface area (Å²) in [6, 6.07) is 27.6. The highest BCUT2D eigenvalue weighted by molar-refractivity contribution is 5.94. The topological polar surface area (TPSA) is 6.25 Å². The molecule has 2 nitrogen and oxygen atoms in total. The van der Waals surface area contributed by atoms with Crippen molar-refractivity contribution in [2.75, 3.05) is 18.6 Å². The molecule has 0 radical (unpaired) electrons. The van der Waals surface area contributed by atoms with E-state index < -0.39 is 0 Å². The molecule has 0 atom stereocenters. The Morgan fingerprint density at radius 2 is 1.48 bits per heavy atom. The van der Waals surface area contributed by atoms with Gasteiger partial charge in [-0.1, -0.05) is 60.7 Å². The van der Waals surface area contributed by atoms with E-state index in [4.69, 9.17) is 0 Å². The molecular formula is C21H19N2+. The predicted octanol–water partition coefficient (Wildman–Crippen LogP) is 4.52. The van der Waals surface area contributed by atoms with Gasteiger partial charge in [-0.3, -0.25) is 0 Å². The molecular weight excluding hydrogens is 280 g/mol. The van der Waals surface area contributed by atoms with Crippen LogP contribution in [0.2, 0.25) is 0 Å². The van der Waals surface area contributed by atoms with Crippen molar-refractivity contribution in [1.82, 2.24) is 0 Å². The maximum Gasteiger partial charge on any atom is 0.224 e. The second kappa shape index (κ2) is 5.73. The number of rotatable bonds is 2. The van der Waals surface area contributed by atoms with Crippen LogP contribution in [0.3, 0.4) is 0 Å². The molecule has 112 valence electrons. The molecule has 1 aliphatic heterocycles. The van der Waals surface area contributed by atoms with Crippen molar-refractivity contribution in [1.29, 1.82) is 0 Å². The minimum Gasteiger partial charge on any atom is -0.318 e. The third-order valence-electron chi connectivity index (χ3n) is 4.28. The quantitative estimate of drug-likeness (QED) is 0.630. The van der Waals surface area contributed by atoms with Crippen LogP contribution in [-0.2, 0) is 0 Å². The molecule has 0 amide bonds. The van der Waals surface area contributed by atoms with Gasteiger partial charge >= 0.3 is 0 Å². The van der Waals surface area contributed by atoms with E-state index in [0.717, 1.165) is 6.67 Å². The van der Waals surface area contributed by atoms with Crippen LogP contribution in [0, 0.1) is 0 Å². The van der Waals surface area contributed by atoms with Gasteiger partial charge in [0.25, 0.3) is 0 Å². The summed E-state index contributed by atoms with van der Waals surface area (Å²) >= 11 is 0. The normalized spacial score (nSPS) is 13.4. The first kappa shape index (κ1) is 13.8. The van der Waals surface area contributed by atoms with Gasteiger partial charge in [-0.2, -0.15) is 4.58 Å². The molecule has 0 N–H and O–H groups in total. The molecule has 0 bridgehead atoms. The summed E-state index contributed by atoms with van der Waals surface area (Å²) in [5.74, 6) is 0. The largest absolute Gasteiger partial charge is 0.318 e. The summed E-state index contributed by atoms with van der Waals surface area (Å²) in [5, 5.41) is 0. The first-order valence-electron chi connectivity index (χ1n) is 7.89. The van der Waals surface area contributed by atoms with Gasteiger partial charge in [0.2, 0.25) is 12.4 Å². The van der Waals surface area contributed by atoms with Gasteiger partial charge in [-0.05, 0) is 11.6 Å². The van der Waals surface area contributed by atoms with Crippen LogP contribution in [0.15, 0.2) is 78.9 Å². The van der Waals surface area contributed by atoms with Gasteiger partial charge in [0.15, 0.2) is 6.21 Å². The fraction of sp³-hybridized carbons (Fsp3) is 0.0952. The molecule has 2 heteroatoms. The van der Waals surface area contributed by atoms with Gasteiger partial charge in [-0.15, -0.1) is 0 Å². The van der Waals surface area contributed by atoms with Crippen LogP contribution in [0.5, 0.6) is 0 Å². The van der Waals surface area contributed by atoms with Crippen molar-refractivity contribution in [3.8, 4) is 11.1 Å². The lowest BCUT2D eigenvalue weighted by molar-refractivity contribution is -0.435. The summed E-state index contributed by atoms with van der Waals surface area (Å²) in [6.07, 6.45) is 2.25.